The zero-order valence-corrected chi connectivity index (χ0v) is 17.0. The van der Waals surface area contributed by atoms with Gasteiger partial charge in [0.1, 0.15) is 5.82 Å². The van der Waals surface area contributed by atoms with Crippen LogP contribution in [0.1, 0.15) is 32.1 Å². The smallest absolute Gasteiger partial charge is 0.266 e. The van der Waals surface area contributed by atoms with Gasteiger partial charge in [0, 0.05) is 30.7 Å². The van der Waals surface area contributed by atoms with E-state index in [1.54, 1.807) is 4.57 Å². The quantitative estimate of drug-likeness (QED) is 0.729. The van der Waals surface area contributed by atoms with Crippen molar-refractivity contribution < 1.29 is 0 Å². The molecule has 2 atom stereocenters. The maximum atomic E-state index is 13.5. The summed E-state index contributed by atoms with van der Waals surface area (Å²) in [5.74, 6) is 0.794. The first-order valence-electron chi connectivity index (χ1n) is 9.83. The normalized spacial score (nSPS) is 19.0. The molecule has 0 saturated carbocycles. The van der Waals surface area contributed by atoms with E-state index in [9.17, 15) is 4.79 Å². The van der Waals surface area contributed by atoms with E-state index in [0.717, 1.165) is 43.1 Å². The number of halogens is 1. The van der Waals surface area contributed by atoms with E-state index in [4.69, 9.17) is 16.6 Å². The van der Waals surface area contributed by atoms with Crippen LogP contribution in [-0.4, -0.2) is 40.1 Å². The Labute approximate surface area is 170 Å². The van der Waals surface area contributed by atoms with Gasteiger partial charge in [-0.3, -0.25) is 14.3 Å². The number of benzene rings is 2. The molecule has 0 radical (unpaired) electrons. The average Bonchev–Trinajstić information content (AvgIpc) is 2.70. The molecule has 1 aliphatic heterocycles. The highest BCUT2D eigenvalue weighted by Gasteiger charge is 2.28. The summed E-state index contributed by atoms with van der Waals surface area (Å²) >= 11 is 6.08. The van der Waals surface area contributed by atoms with Gasteiger partial charge in [0.05, 0.1) is 22.6 Å². The summed E-state index contributed by atoms with van der Waals surface area (Å²) in [5, 5.41) is 4.77. The van der Waals surface area contributed by atoms with E-state index >= 15 is 0 Å². The van der Waals surface area contributed by atoms with Crippen molar-refractivity contribution in [2.24, 2.45) is 0 Å². The molecule has 28 heavy (non-hydrogen) atoms. The molecule has 146 valence electrons. The molecular formula is C22H25ClN4O. The lowest BCUT2D eigenvalue weighted by Crippen LogP contribution is -2.51. The van der Waals surface area contributed by atoms with Gasteiger partial charge in [0.25, 0.3) is 5.56 Å². The van der Waals surface area contributed by atoms with E-state index in [1.807, 2.05) is 48.5 Å². The van der Waals surface area contributed by atoms with Gasteiger partial charge < -0.3 is 5.32 Å². The number of nitrogens with one attached hydrogen (secondary N) is 1. The van der Waals surface area contributed by atoms with Crippen molar-refractivity contribution in [3.8, 4) is 5.69 Å². The molecule has 0 aliphatic carbocycles. The lowest BCUT2D eigenvalue weighted by atomic mass is 10.1. The summed E-state index contributed by atoms with van der Waals surface area (Å²) in [6.45, 7) is 7.16. The molecule has 6 heteroatoms. The monoisotopic (exact) mass is 396 g/mol. The molecule has 1 N–H and O–H groups in total. The lowest BCUT2D eigenvalue weighted by Gasteiger charge is -2.37. The summed E-state index contributed by atoms with van der Waals surface area (Å²) < 4.78 is 1.76. The summed E-state index contributed by atoms with van der Waals surface area (Å²) in [7, 11) is 0. The summed E-state index contributed by atoms with van der Waals surface area (Å²) in [6.07, 6.45) is 0.880. The fraction of sp³-hybridized carbons (Fsp3) is 0.364. The van der Waals surface area contributed by atoms with Gasteiger partial charge in [-0.15, -0.1) is 0 Å². The molecule has 0 amide bonds. The van der Waals surface area contributed by atoms with Crippen LogP contribution in [0.15, 0.2) is 53.3 Å². The zero-order valence-electron chi connectivity index (χ0n) is 16.2. The third-order valence-electron chi connectivity index (χ3n) is 5.41. The number of nitrogens with zero attached hydrogens (tertiary/aromatic N) is 3. The number of piperazine rings is 1. The number of hydrogen-bond donors (Lipinski definition) is 1. The van der Waals surface area contributed by atoms with Crippen molar-refractivity contribution in [3.05, 3.63) is 69.7 Å². The SMILES string of the molecule is CC[C@H](c1nc2ccccc2c(=O)n1-c1ccc(Cl)cc1)N1CCN[C@H](C)C1. The Kier molecular flexibility index (Phi) is 5.49. The van der Waals surface area contributed by atoms with Gasteiger partial charge >= 0.3 is 0 Å². The van der Waals surface area contributed by atoms with E-state index in [0.29, 0.717) is 16.5 Å². The Hall–Kier alpha value is -2.21. The predicted molar refractivity (Wildman–Crippen MR) is 114 cm³/mol. The first-order valence-corrected chi connectivity index (χ1v) is 10.2. The molecule has 0 unspecified atom stereocenters. The minimum atomic E-state index is -0.0374. The van der Waals surface area contributed by atoms with Gasteiger partial charge in [0.15, 0.2) is 0 Å². The second-order valence-electron chi connectivity index (χ2n) is 7.38. The Morgan fingerprint density at radius 2 is 1.96 bits per heavy atom. The number of aromatic nitrogens is 2. The van der Waals surface area contributed by atoms with Crippen LogP contribution >= 0.6 is 11.6 Å². The lowest BCUT2D eigenvalue weighted by molar-refractivity contribution is 0.137. The summed E-state index contributed by atoms with van der Waals surface area (Å²) in [6, 6.07) is 15.5. The highest BCUT2D eigenvalue weighted by atomic mass is 35.5. The third-order valence-corrected chi connectivity index (χ3v) is 5.66. The Balaban J connectivity index is 1.93. The molecule has 2 heterocycles. The molecule has 0 spiro atoms. The fourth-order valence-electron chi connectivity index (χ4n) is 4.06. The summed E-state index contributed by atoms with van der Waals surface area (Å²) in [5.41, 5.74) is 1.50. The van der Waals surface area contributed by atoms with Gasteiger partial charge in [-0.2, -0.15) is 0 Å². The van der Waals surface area contributed by atoms with Gasteiger partial charge in [-0.05, 0) is 49.7 Å². The van der Waals surface area contributed by atoms with E-state index in [-0.39, 0.29) is 11.6 Å². The highest BCUT2D eigenvalue weighted by Crippen LogP contribution is 2.27. The van der Waals surface area contributed by atoms with Crippen LogP contribution in [0.4, 0.5) is 0 Å². The molecular weight excluding hydrogens is 372 g/mol. The maximum absolute atomic E-state index is 13.5. The van der Waals surface area contributed by atoms with Gasteiger partial charge in [-0.1, -0.05) is 30.7 Å². The fourth-order valence-corrected chi connectivity index (χ4v) is 4.19. The van der Waals surface area contributed by atoms with Crippen LogP contribution in [0, 0.1) is 0 Å². The van der Waals surface area contributed by atoms with E-state index < -0.39 is 0 Å². The molecule has 4 rings (SSSR count). The topological polar surface area (TPSA) is 50.2 Å². The van der Waals surface area contributed by atoms with Crippen LogP contribution in [0.25, 0.3) is 16.6 Å². The van der Waals surface area contributed by atoms with E-state index in [1.165, 1.54) is 0 Å². The minimum Gasteiger partial charge on any atom is -0.312 e. The molecule has 3 aromatic rings. The maximum Gasteiger partial charge on any atom is 0.266 e. The largest absolute Gasteiger partial charge is 0.312 e. The van der Waals surface area contributed by atoms with E-state index in [2.05, 4.69) is 24.1 Å². The predicted octanol–water partition coefficient (Wildman–Crippen LogP) is 3.78. The Bertz CT molecular complexity index is 1030. The van der Waals surface area contributed by atoms with Gasteiger partial charge in [-0.25, -0.2) is 4.98 Å². The zero-order chi connectivity index (χ0) is 19.7. The average molecular weight is 397 g/mol. The van der Waals surface area contributed by atoms with Crippen LogP contribution in [-0.2, 0) is 0 Å². The van der Waals surface area contributed by atoms with Crippen molar-refractivity contribution >= 4 is 22.5 Å². The summed E-state index contributed by atoms with van der Waals surface area (Å²) in [4.78, 5) is 20.9. The first kappa shape index (κ1) is 19.1. The second kappa shape index (κ2) is 8.03. The molecule has 1 aliphatic rings. The number of rotatable bonds is 4. The van der Waals surface area contributed by atoms with Crippen molar-refractivity contribution in [2.45, 2.75) is 32.4 Å². The van der Waals surface area contributed by atoms with Crippen molar-refractivity contribution in [3.63, 3.8) is 0 Å². The van der Waals surface area contributed by atoms with Crippen molar-refractivity contribution in [1.29, 1.82) is 0 Å². The van der Waals surface area contributed by atoms with Crippen LogP contribution in [0.5, 0.6) is 0 Å². The van der Waals surface area contributed by atoms with Crippen LogP contribution in [0.3, 0.4) is 0 Å². The standard InChI is InChI=1S/C22H25ClN4O/c1-3-20(26-13-12-24-15(2)14-26)21-25-19-7-5-4-6-18(19)22(28)27(21)17-10-8-16(23)9-11-17/h4-11,15,20,24H,3,12-14H2,1-2H3/t15-,20-/m1/s1. The number of hydrogen-bond acceptors (Lipinski definition) is 4. The molecule has 5 nitrogen and oxygen atoms in total. The van der Waals surface area contributed by atoms with Crippen LogP contribution in [0.2, 0.25) is 5.02 Å². The first-order chi connectivity index (χ1) is 13.6. The molecule has 2 aromatic carbocycles. The second-order valence-corrected chi connectivity index (χ2v) is 7.81. The number of fused-ring (bicyclic) bond motifs is 1. The number of para-hydroxylation sites is 1. The van der Waals surface area contributed by atoms with Crippen LogP contribution < -0.4 is 10.9 Å². The van der Waals surface area contributed by atoms with Gasteiger partial charge in [0.2, 0.25) is 0 Å². The highest BCUT2D eigenvalue weighted by molar-refractivity contribution is 6.30. The Morgan fingerprint density at radius 3 is 2.68 bits per heavy atom. The molecule has 1 saturated heterocycles. The van der Waals surface area contributed by atoms with Crippen molar-refractivity contribution in [1.82, 2.24) is 19.8 Å². The van der Waals surface area contributed by atoms with Crippen molar-refractivity contribution in [2.75, 3.05) is 19.6 Å². The molecule has 1 fully saturated rings. The minimum absolute atomic E-state index is 0.0374. The third kappa shape index (κ3) is 3.58. The Morgan fingerprint density at radius 1 is 1.21 bits per heavy atom. The molecule has 1 aromatic heterocycles. The molecule has 0 bridgehead atoms.